The van der Waals surface area contributed by atoms with E-state index < -0.39 is 0 Å². The lowest BCUT2D eigenvalue weighted by Crippen LogP contribution is -2.23. The van der Waals surface area contributed by atoms with Crippen LogP contribution in [-0.4, -0.2) is 11.5 Å². The molecule has 3 aliphatic carbocycles. The van der Waals surface area contributed by atoms with Gasteiger partial charge in [0.15, 0.2) is 0 Å². The Bertz CT molecular complexity index is 315. The van der Waals surface area contributed by atoms with Crippen LogP contribution in [0.25, 0.3) is 0 Å². The minimum atomic E-state index is 0.986. The van der Waals surface area contributed by atoms with Crippen molar-refractivity contribution in [1.29, 1.82) is 0 Å². The number of hydrogen-bond donors (Lipinski definition) is 0. The molecule has 0 unspecified atom stereocenters. The summed E-state index contributed by atoms with van der Waals surface area (Å²) in [5.74, 6) is 5.38. The standard InChI is InChI=1S/C22H40S/c1-17-3-5-18(6-4-17)15-19-7-9-20(10-8-19)16-21-11-13-22(23-2)14-12-21/h17-22H,3-16H2,1-2H3. The highest BCUT2D eigenvalue weighted by Gasteiger charge is 2.28. The second-order valence-electron chi connectivity index (χ2n) is 9.36. The third-order valence-corrected chi connectivity index (χ3v) is 8.70. The molecule has 3 fully saturated rings. The molecule has 3 aliphatic rings. The summed E-state index contributed by atoms with van der Waals surface area (Å²) in [6.07, 6.45) is 23.9. The summed E-state index contributed by atoms with van der Waals surface area (Å²) in [6, 6.07) is 0. The predicted octanol–water partition coefficient (Wildman–Crippen LogP) is 7.32. The van der Waals surface area contributed by atoms with Gasteiger partial charge in [0.1, 0.15) is 0 Å². The van der Waals surface area contributed by atoms with Crippen molar-refractivity contribution in [2.75, 3.05) is 6.26 Å². The molecule has 0 aromatic rings. The van der Waals surface area contributed by atoms with E-state index >= 15 is 0 Å². The predicted molar refractivity (Wildman–Crippen MR) is 105 cm³/mol. The first-order valence-corrected chi connectivity index (χ1v) is 12.0. The van der Waals surface area contributed by atoms with E-state index in [0.717, 1.165) is 34.8 Å². The first-order chi connectivity index (χ1) is 11.2. The highest BCUT2D eigenvalue weighted by molar-refractivity contribution is 7.99. The van der Waals surface area contributed by atoms with E-state index in [-0.39, 0.29) is 0 Å². The summed E-state index contributed by atoms with van der Waals surface area (Å²) in [4.78, 5) is 0. The van der Waals surface area contributed by atoms with Crippen LogP contribution in [0.4, 0.5) is 0 Å². The third-order valence-electron chi connectivity index (χ3n) is 7.56. The van der Waals surface area contributed by atoms with E-state index in [0.29, 0.717) is 0 Å². The number of thioether (sulfide) groups is 1. The Morgan fingerprint density at radius 3 is 1.30 bits per heavy atom. The van der Waals surface area contributed by atoms with Crippen molar-refractivity contribution in [2.24, 2.45) is 29.6 Å². The smallest absolute Gasteiger partial charge is 0.00444 e. The maximum Gasteiger partial charge on any atom is 0.00444 e. The Balaban J connectivity index is 1.31. The van der Waals surface area contributed by atoms with Crippen LogP contribution in [0.3, 0.4) is 0 Å². The van der Waals surface area contributed by atoms with E-state index in [1.54, 1.807) is 51.4 Å². The fourth-order valence-electron chi connectivity index (χ4n) is 5.81. The van der Waals surface area contributed by atoms with Crippen molar-refractivity contribution in [3.8, 4) is 0 Å². The Labute approximate surface area is 150 Å². The molecule has 0 N–H and O–H groups in total. The molecule has 0 aromatic carbocycles. The van der Waals surface area contributed by atoms with Gasteiger partial charge in [-0.25, -0.2) is 0 Å². The van der Waals surface area contributed by atoms with Gasteiger partial charge in [-0.15, -0.1) is 0 Å². The van der Waals surface area contributed by atoms with Gasteiger partial charge in [-0.3, -0.25) is 0 Å². The SMILES string of the molecule is CSC1CCC(CC2CCC(CC3CCC(C)CC3)CC2)CC1. The quantitative estimate of drug-likeness (QED) is 0.506. The van der Waals surface area contributed by atoms with E-state index in [9.17, 15) is 0 Å². The zero-order chi connectivity index (χ0) is 16.1. The topological polar surface area (TPSA) is 0 Å². The first-order valence-electron chi connectivity index (χ1n) is 10.8. The average Bonchev–Trinajstić information content (AvgIpc) is 2.59. The molecule has 0 aromatic heterocycles. The Morgan fingerprint density at radius 1 is 0.565 bits per heavy atom. The zero-order valence-corrected chi connectivity index (χ0v) is 16.6. The summed E-state index contributed by atoms with van der Waals surface area (Å²) in [5.41, 5.74) is 0. The van der Waals surface area contributed by atoms with Crippen molar-refractivity contribution in [2.45, 2.75) is 102 Å². The van der Waals surface area contributed by atoms with Gasteiger partial charge in [0.25, 0.3) is 0 Å². The van der Waals surface area contributed by atoms with Crippen LogP contribution < -0.4 is 0 Å². The minimum Gasteiger partial charge on any atom is -0.162 e. The summed E-state index contributed by atoms with van der Waals surface area (Å²) in [5, 5.41) is 0.986. The van der Waals surface area contributed by atoms with Crippen molar-refractivity contribution in [3.05, 3.63) is 0 Å². The molecule has 0 nitrogen and oxygen atoms in total. The van der Waals surface area contributed by atoms with Crippen LogP contribution in [-0.2, 0) is 0 Å². The van der Waals surface area contributed by atoms with E-state index in [1.807, 2.05) is 0 Å². The molecule has 0 atom stereocenters. The van der Waals surface area contributed by atoms with Crippen molar-refractivity contribution in [1.82, 2.24) is 0 Å². The highest BCUT2D eigenvalue weighted by atomic mass is 32.2. The Morgan fingerprint density at radius 2 is 0.913 bits per heavy atom. The van der Waals surface area contributed by atoms with Gasteiger partial charge < -0.3 is 0 Å². The molecule has 0 radical (unpaired) electrons. The minimum absolute atomic E-state index is 0.986. The lowest BCUT2D eigenvalue weighted by Gasteiger charge is -2.35. The summed E-state index contributed by atoms with van der Waals surface area (Å²) in [7, 11) is 0. The van der Waals surface area contributed by atoms with Crippen molar-refractivity contribution >= 4 is 11.8 Å². The van der Waals surface area contributed by atoms with Crippen LogP contribution in [0.1, 0.15) is 96.8 Å². The first kappa shape index (κ1) is 18.2. The fraction of sp³-hybridized carbons (Fsp3) is 1.00. The summed E-state index contributed by atoms with van der Waals surface area (Å²) < 4.78 is 0. The molecule has 1 heteroatoms. The Kier molecular flexibility index (Phi) is 7.23. The molecule has 3 rings (SSSR count). The van der Waals surface area contributed by atoms with Crippen LogP contribution >= 0.6 is 11.8 Å². The van der Waals surface area contributed by atoms with Gasteiger partial charge in [-0.1, -0.05) is 58.3 Å². The number of hydrogen-bond acceptors (Lipinski definition) is 1. The van der Waals surface area contributed by atoms with Crippen molar-refractivity contribution in [3.63, 3.8) is 0 Å². The molecular formula is C22H40S. The molecule has 23 heavy (non-hydrogen) atoms. The summed E-state index contributed by atoms with van der Waals surface area (Å²) >= 11 is 2.11. The van der Waals surface area contributed by atoms with E-state index in [4.69, 9.17) is 0 Å². The van der Waals surface area contributed by atoms with Crippen LogP contribution in [0.15, 0.2) is 0 Å². The molecule has 0 saturated heterocycles. The number of rotatable bonds is 5. The average molecular weight is 337 g/mol. The van der Waals surface area contributed by atoms with E-state index in [1.165, 1.54) is 38.5 Å². The largest absolute Gasteiger partial charge is 0.162 e. The maximum atomic E-state index is 2.45. The van der Waals surface area contributed by atoms with Gasteiger partial charge in [-0.05, 0) is 74.4 Å². The lowest BCUT2D eigenvalue weighted by atomic mass is 9.71. The highest BCUT2D eigenvalue weighted by Crippen LogP contribution is 2.41. The van der Waals surface area contributed by atoms with Gasteiger partial charge >= 0.3 is 0 Å². The summed E-state index contributed by atoms with van der Waals surface area (Å²) in [6.45, 7) is 2.45. The second kappa shape index (κ2) is 9.16. The maximum absolute atomic E-state index is 2.45. The molecular weight excluding hydrogens is 296 g/mol. The lowest BCUT2D eigenvalue weighted by molar-refractivity contribution is 0.175. The van der Waals surface area contributed by atoms with Crippen molar-refractivity contribution < 1.29 is 0 Å². The molecule has 134 valence electrons. The zero-order valence-electron chi connectivity index (χ0n) is 15.8. The van der Waals surface area contributed by atoms with Gasteiger partial charge in [0.05, 0.1) is 0 Å². The monoisotopic (exact) mass is 336 g/mol. The molecule has 0 bridgehead atoms. The van der Waals surface area contributed by atoms with Crippen LogP contribution in [0, 0.1) is 29.6 Å². The normalized spacial score (nSPS) is 42.5. The molecule has 0 spiro atoms. The fourth-order valence-corrected chi connectivity index (χ4v) is 6.56. The van der Waals surface area contributed by atoms with Crippen LogP contribution in [0.5, 0.6) is 0 Å². The Hall–Kier alpha value is 0.350. The molecule has 0 aliphatic heterocycles. The third kappa shape index (κ3) is 5.68. The molecule has 0 amide bonds. The van der Waals surface area contributed by atoms with Crippen LogP contribution in [0.2, 0.25) is 0 Å². The van der Waals surface area contributed by atoms with Gasteiger partial charge in [-0.2, -0.15) is 11.8 Å². The second-order valence-corrected chi connectivity index (χ2v) is 10.5. The molecule has 3 saturated carbocycles. The van der Waals surface area contributed by atoms with E-state index in [2.05, 4.69) is 24.9 Å². The van der Waals surface area contributed by atoms with Gasteiger partial charge in [0, 0.05) is 5.25 Å². The molecule has 0 heterocycles. The van der Waals surface area contributed by atoms with Gasteiger partial charge in [0.2, 0.25) is 0 Å².